The maximum atomic E-state index is 12.8. The van der Waals surface area contributed by atoms with E-state index in [9.17, 15) is 14.7 Å². The molecule has 1 aromatic rings. The topological polar surface area (TPSA) is 97.3 Å². The Hall–Kier alpha value is -2.32. The van der Waals surface area contributed by atoms with Crippen molar-refractivity contribution in [1.29, 1.82) is 0 Å². The SMILES string of the molecule is COc1cccc(C2CN(C(=O)O)C3(COCCOC3)C(=O)N2)c1. The summed E-state index contributed by atoms with van der Waals surface area (Å²) in [5, 5.41) is 12.5. The summed E-state index contributed by atoms with van der Waals surface area (Å²) in [7, 11) is 1.55. The lowest BCUT2D eigenvalue weighted by molar-refractivity contribution is -0.144. The van der Waals surface area contributed by atoms with E-state index in [2.05, 4.69) is 5.32 Å². The van der Waals surface area contributed by atoms with Crippen LogP contribution in [-0.4, -0.2) is 67.6 Å². The lowest BCUT2D eigenvalue weighted by Crippen LogP contribution is -2.70. The average Bonchev–Trinajstić information content (AvgIpc) is 2.84. The van der Waals surface area contributed by atoms with E-state index in [4.69, 9.17) is 14.2 Å². The monoisotopic (exact) mass is 336 g/mol. The van der Waals surface area contributed by atoms with Gasteiger partial charge in [0.15, 0.2) is 5.54 Å². The lowest BCUT2D eigenvalue weighted by Gasteiger charge is -2.45. The number of piperazine rings is 1. The third-order valence-electron chi connectivity index (χ3n) is 4.39. The van der Waals surface area contributed by atoms with Gasteiger partial charge >= 0.3 is 6.09 Å². The lowest BCUT2D eigenvalue weighted by atomic mass is 9.91. The summed E-state index contributed by atoms with van der Waals surface area (Å²) in [5.41, 5.74) is -0.572. The number of hydrogen-bond acceptors (Lipinski definition) is 5. The predicted octanol–water partition coefficient (Wildman–Crippen LogP) is 0.632. The van der Waals surface area contributed by atoms with Crippen LogP contribution in [-0.2, 0) is 14.3 Å². The maximum absolute atomic E-state index is 12.8. The van der Waals surface area contributed by atoms with E-state index in [1.807, 2.05) is 6.07 Å². The van der Waals surface area contributed by atoms with Gasteiger partial charge in [-0.25, -0.2) is 4.79 Å². The van der Waals surface area contributed by atoms with Gasteiger partial charge < -0.3 is 24.6 Å². The van der Waals surface area contributed by atoms with Crippen molar-refractivity contribution in [2.45, 2.75) is 11.6 Å². The summed E-state index contributed by atoms with van der Waals surface area (Å²) in [6.45, 7) is 0.747. The molecule has 2 aliphatic rings. The zero-order chi connectivity index (χ0) is 17.2. The van der Waals surface area contributed by atoms with Gasteiger partial charge in [-0.15, -0.1) is 0 Å². The van der Waals surface area contributed by atoms with Gasteiger partial charge in [-0.1, -0.05) is 12.1 Å². The fourth-order valence-electron chi connectivity index (χ4n) is 3.05. The van der Waals surface area contributed by atoms with Crippen LogP contribution in [0.1, 0.15) is 11.6 Å². The molecule has 0 saturated carbocycles. The molecule has 8 heteroatoms. The molecule has 1 atom stereocenters. The minimum atomic E-state index is -1.35. The van der Waals surface area contributed by atoms with Crippen LogP contribution < -0.4 is 10.1 Å². The van der Waals surface area contributed by atoms with E-state index in [1.54, 1.807) is 25.3 Å². The smallest absolute Gasteiger partial charge is 0.408 e. The van der Waals surface area contributed by atoms with Crippen LogP contribution in [0.2, 0.25) is 0 Å². The Morgan fingerprint density at radius 3 is 2.71 bits per heavy atom. The molecule has 0 aromatic heterocycles. The zero-order valence-electron chi connectivity index (χ0n) is 13.4. The van der Waals surface area contributed by atoms with Crippen LogP contribution in [0.5, 0.6) is 5.75 Å². The molecule has 2 heterocycles. The van der Waals surface area contributed by atoms with Crippen LogP contribution in [0.4, 0.5) is 4.79 Å². The summed E-state index contributed by atoms with van der Waals surface area (Å²) in [6, 6.07) is 6.73. The molecule has 2 aliphatic heterocycles. The third kappa shape index (κ3) is 2.90. The number of ether oxygens (including phenoxy) is 3. The molecule has 1 spiro atoms. The summed E-state index contributed by atoms with van der Waals surface area (Å²) in [5.74, 6) is 0.232. The largest absolute Gasteiger partial charge is 0.497 e. The van der Waals surface area contributed by atoms with E-state index < -0.39 is 23.6 Å². The van der Waals surface area contributed by atoms with Gasteiger partial charge in [0.05, 0.1) is 39.6 Å². The highest BCUT2D eigenvalue weighted by Gasteiger charge is 2.52. The Balaban J connectivity index is 1.90. The molecule has 3 rings (SSSR count). The molecule has 0 bridgehead atoms. The molecule has 2 fully saturated rings. The van der Waals surface area contributed by atoms with Crippen molar-refractivity contribution >= 4 is 12.0 Å². The average molecular weight is 336 g/mol. The molecule has 1 unspecified atom stereocenters. The number of rotatable bonds is 2. The molecular formula is C16H20N2O6. The highest BCUT2D eigenvalue weighted by molar-refractivity contribution is 5.91. The van der Waals surface area contributed by atoms with Gasteiger partial charge in [0.25, 0.3) is 5.91 Å². The van der Waals surface area contributed by atoms with E-state index >= 15 is 0 Å². The number of hydrogen-bond donors (Lipinski definition) is 2. The van der Waals surface area contributed by atoms with Gasteiger partial charge in [-0.2, -0.15) is 0 Å². The van der Waals surface area contributed by atoms with Crippen molar-refractivity contribution in [2.75, 3.05) is 40.1 Å². The van der Waals surface area contributed by atoms with Crippen LogP contribution >= 0.6 is 0 Å². The summed E-state index contributed by atoms with van der Waals surface area (Å²) >= 11 is 0. The van der Waals surface area contributed by atoms with E-state index in [0.29, 0.717) is 19.0 Å². The second kappa shape index (κ2) is 6.66. The van der Waals surface area contributed by atoms with Crippen LogP contribution in [0.3, 0.4) is 0 Å². The number of nitrogens with zero attached hydrogens (tertiary/aromatic N) is 1. The van der Waals surface area contributed by atoms with Gasteiger partial charge in [-0.05, 0) is 17.7 Å². The highest BCUT2D eigenvalue weighted by Crippen LogP contribution is 2.30. The molecule has 0 aliphatic carbocycles. The molecule has 24 heavy (non-hydrogen) atoms. The minimum absolute atomic E-state index is 0.0179. The van der Waals surface area contributed by atoms with Crippen molar-refractivity contribution < 1.29 is 28.9 Å². The fourth-order valence-corrected chi connectivity index (χ4v) is 3.05. The first-order chi connectivity index (χ1) is 11.6. The second-order valence-electron chi connectivity index (χ2n) is 5.83. The minimum Gasteiger partial charge on any atom is -0.497 e. The third-order valence-corrected chi connectivity index (χ3v) is 4.39. The van der Waals surface area contributed by atoms with E-state index in [-0.39, 0.29) is 19.8 Å². The zero-order valence-corrected chi connectivity index (χ0v) is 13.4. The summed E-state index contributed by atoms with van der Waals surface area (Å²) in [6.07, 6.45) is -1.17. The maximum Gasteiger partial charge on any atom is 0.408 e. The number of carbonyl (C=O) groups is 2. The first-order valence-corrected chi connectivity index (χ1v) is 7.68. The highest BCUT2D eigenvalue weighted by atomic mass is 16.5. The molecule has 2 saturated heterocycles. The quantitative estimate of drug-likeness (QED) is 0.822. The molecule has 130 valence electrons. The van der Waals surface area contributed by atoms with Crippen molar-refractivity contribution in [3.05, 3.63) is 29.8 Å². The first kappa shape index (κ1) is 16.5. The van der Waals surface area contributed by atoms with Gasteiger partial charge in [0, 0.05) is 6.54 Å². The molecule has 0 radical (unpaired) electrons. The second-order valence-corrected chi connectivity index (χ2v) is 5.83. The standard InChI is InChI=1S/C16H20N2O6/c1-22-12-4-2-3-11(7-12)13-8-18(15(20)21)16(14(19)17-13)9-23-5-6-24-10-16/h2-4,7,13H,5-6,8-10H2,1H3,(H,17,19)(H,20,21). The number of amides is 2. The van der Waals surface area contributed by atoms with Gasteiger partial charge in [0.1, 0.15) is 5.75 Å². The fraction of sp³-hybridized carbons (Fsp3) is 0.500. The molecule has 2 amide bonds. The Labute approximate surface area is 139 Å². The van der Waals surface area contributed by atoms with Crippen molar-refractivity contribution in [2.24, 2.45) is 0 Å². The molecule has 2 N–H and O–H groups in total. The number of benzene rings is 1. The Morgan fingerprint density at radius 1 is 1.38 bits per heavy atom. The number of carboxylic acid groups (broad SMARTS) is 1. The van der Waals surface area contributed by atoms with Crippen molar-refractivity contribution in [1.82, 2.24) is 10.2 Å². The van der Waals surface area contributed by atoms with E-state index in [1.165, 1.54) is 0 Å². The predicted molar refractivity (Wildman–Crippen MR) is 83.0 cm³/mol. The van der Waals surface area contributed by atoms with Crippen molar-refractivity contribution in [3.8, 4) is 5.75 Å². The first-order valence-electron chi connectivity index (χ1n) is 7.68. The van der Waals surface area contributed by atoms with Crippen LogP contribution in [0.25, 0.3) is 0 Å². The molecule has 1 aromatic carbocycles. The number of nitrogens with one attached hydrogen (secondary N) is 1. The normalized spacial score (nSPS) is 23.5. The number of carbonyl (C=O) groups excluding carboxylic acids is 1. The van der Waals surface area contributed by atoms with Gasteiger partial charge in [0.2, 0.25) is 0 Å². The van der Waals surface area contributed by atoms with Crippen LogP contribution in [0, 0.1) is 0 Å². The Bertz CT molecular complexity index is 627. The summed E-state index contributed by atoms with van der Waals surface area (Å²) in [4.78, 5) is 25.7. The van der Waals surface area contributed by atoms with Gasteiger partial charge in [-0.3, -0.25) is 9.69 Å². The number of methoxy groups -OCH3 is 1. The van der Waals surface area contributed by atoms with Crippen molar-refractivity contribution in [3.63, 3.8) is 0 Å². The molecule has 8 nitrogen and oxygen atoms in total. The summed E-state index contributed by atoms with van der Waals surface area (Å²) < 4.78 is 16.0. The Morgan fingerprint density at radius 2 is 2.08 bits per heavy atom. The van der Waals surface area contributed by atoms with Crippen LogP contribution in [0.15, 0.2) is 24.3 Å². The Kier molecular flexibility index (Phi) is 4.59. The molecular weight excluding hydrogens is 316 g/mol. The van der Waals surface area contributed by atoms with E-state index in [0.717, 1.165) is 10.5 Å².